The van der Waals surface area contributed by atoms with Crippen LogP contribution in [0.25, 0.3) is 87.6 Å². The van der Waals surface area contributed by atoms with E-state index in [0.29, 0.717) is 0 Å². The van der Waals surface area contributed by atoms with Gasteiger partial charge in [-0.15, -0.1) is 138 Å². The van der Waals surface area contributed by atoms with Gasteiger partial charge in [-0.05, 0) is 0 Å². The maximum atomic E-state index is 2.24. The first-order valence-corrected chi connectivity index (χ1v) is 24.6. The van der Waals surface area contributed by atoms with Crippen LogP contribution < -0.4 is 24.8 Å². The molecule has 0 saturated heterocycles. The quantitative estimate of drug-likeness (QED) is 0.122. The summed E-state index contributed by atoms with van der Waals surface area (Å²) < 4.78 is 2.83. The predicted molar refractivity (Wildman–Crippen MR) is 293 cm³/mol. The molecule has 0 bridgehead atoms. The van der Waals surface area contributed by atoms with Gasteiger partial charge in [0.25, 0.3) is 0 Å². The zero-order valence-corrected chi connectivity index (χ0v) is 44.8. The molecule has 0 aliphatic carbocycles. The Hall–Kier alpha value is -6.05. The van der Waals surface area contributed by atoms with Crippen molar-refractivity contribution in [3.8, 4) is 44.5 Å². The number of fused-ring (bicyclic) bond motifs is 4. The molecule has 0 spiro atoms. The van der Waals surface area contributed by atoms with Crippen molar-refractivity contribution in [2.24, 2.45) is 0 Å². The van der Waals surface area contributed by atoms with E-state index >= 15 is 0 Å². The van der Waals surface area contributed by atoms with Crippen LogP contribution in [0.15, 0.2) is 267 Å². The van der Waals surface area contributed by atoms with E-state index in [1.807, 2.05) is 24.3 Å². The summed E-state index contributed by atoms with van der Waals surface area (Å²) in [4.78, 5) is 0. The van der Waals surface area contributed by atoms with Crippen molar-refractivity contribution in [2.45, 2.75) is 27.7 Å². The monoisotopic (exact) mass is 1010 g/mol. The average Bonchev–Trinajstić information content (AvgIpc) is 4.20. The van der Waals surface area contributed by atoms with E-state index in [4.69, 9.17) is 0 Å². The minimum Gasteiger partial charge on any atom is -1.00 e. The summed E-state index contributed by atoms with van der Waals surface area (Å²) in [7, 11) is 0. The summed E-state index contributed by atoms with van der Waals surface area (Å²) in [5.41, 5.74) is 10.4. The fraction of sp³-hybridized carbons (Fsp3) is 0.0606. The van der Waals surface area contributed by atoms with E-state index in [-0.39, 0.29) is 24.8 Å². The molecule has 0 N–H and O–H groups in total. The van der Waals surface area contributed by atoms with Gasteiger partial charge in [0.05, 0.1) is 0 Å². The van der Waals surface area contributed by atoms with E-state index in [2.05, 4.69) is 310 Å². The normalized spacial score (nSPS) is 9.94. The van der Waals surface area contributed by atoms with Crippen LogP contribution in [0.2, 0.25) is 0 Å². The molecule has 0 aliphatic heterocycles. The Bertz CT molecular complexity index is 2820. The van der Waals surface area contributed by atoms with E-state index in [0.717, 1.165) is 0 Å². The first-order chi connectivity index (χ1) is 33.2. The van der Waals surface area contributed by atoms with E-state index in [1.54, 1.807) is 0 Å². The second kappa shape index (κ2) is 28.6. The SMILES string of the molecule is C[C](C)=[Ti+2].C[C](C)=[Ti+2].[Cl-].[Cl-].c1ccc(-c2cc3ccccc3[cH-]2)cc1.c1ccc(-c2cc3ccccc3[cH-]2)cc1.c1ccc(-c2cc3ccccc3[cH-]2)cc1.c1ccc(-c2cc3ccccc3[cH-]2)cc1. The molecule has 12 aromatic rings. The third-order valence-corrected chi connectivity index (χ3v) is 10.9. The summed E-state index contributed by atoms with van der Waals surface area (Å²) in [5, 5.41) is 10.5. The minimum atomic E-state index is 0. The summed E-state index contributed by atoms with van der Waals surface area (Å²) in [6, 6.07) is 93.8. The maximum Gasteiger partial charge on any atom is -0.0635 e. The summed E-state index contributed by atoms with van der Waals surface area (Å²) in [6.07, 6.45) is 0. The van der Waals surface area contributed by atoms with Crippen LogP contribution in [-0.2, 0) is 39.9 Å². The van der Waals surface area contributed by atoms with Gasteiger partial charge >= 0.3 is 75.3 Å². The van der Waals surface area contributed by atoms with Gasteiger partial charge in [-0.25, -0.2) is 0 Å². The van der Waals surface area contributed by atoms with Gasteiger partial charge in [0, 0.05) is 0 Å². The van der Waals surface area contributed by atoms with Crippen LogP contribution >= 0.6 is 0 Å². The first-order valence-electron chi connectivity index (χ1n) is 23.1. The van der Waals surface area contributed by atoms with E-state index < -0.39 is 0 Å². The van der Waals surface area contributed by atoms with Crippen LogP contribution in [0, 0.1) is 0 Å². The van der Waals surface area contributed by atoms with Gasteiger partial charge < -0.3 is 24.8 Å². The van der Waals surface area contributed by atoms with Crippen molar-refractivity contribution in [2.75, 3.05) is 0 Å². The molecule has 344 valence electrons. The Morgan fingerprint density at radius 2 is 0.414 bits per heavy atom. The minimum absolute atomic E-state index is 0. The summed E-state index contributed by atoms with van der Waals surface area (Å²) >= 11 is 4.17. The van der Waals surface area contributed by atoms with E-state index in [1.165, 1.54) is 95.2 Å². The molecule has 12 aromatic carbocycles. The Balaban J connectivity index is 0.000000164. The number of halogens is 2. The smallest absolute Gasteiger partial charge is 0.0635 e. The van der Waals surface area contributed by atoms with Crippen LogP contribution in [-0.4, -0.2) is 7.62 Å². The molecule has 0 unspecified atom stereocenters. The molecule has 0 fully saturated rings. The molecule has 0 nitrogen and oxygen atoms in total. The first kappa shape index (κ1) is 54.9. The third-order valence-electron chi connectivity index (χ3n) is 10.9. The summed E-state index contributed by atoms with van der Waals surface area (Å²) in [5.74, 6) is 0. The van der Waals surface area contributed by atoms with Crippen LogP contribution in [0.1, 0.15) is 27.7 Å². The van der Waals surface area contributed by atoms with Gasteiger partial charge in [-0.2, -0.15) is 0 Å². The Kier molecular flexibility index (Phi) is 22.4. The van der Waals surface area contributed by atoms with Crippen LogP contribution in [0.5, 0.6) is 0 Å². The van der Waals surface area contributed by atoms with Crippen molar-refractivity contribution in [1.82, 2.24) is 0 Å². The fourth-order valence-electron chi connectivity index (χ4n) is 7.79. The van der Waals surface area contributed by atoms with Crippen LogP contribution in [0.3, 0.4) is 0 Å². The Morgan fingerprint density at radius 1 is 0.257 bits per heavy atom. The van der Waals surface area contributed by atoms with Gasteiger partial charge in [-0.3, -0.25) is 0 Å². The summed E-state index contributed by atoms with van der Waals surface area (Å²) in [6.45, 7) is 8.33. The zero-order valence-electron chi connectivity index (χ0n) is 40.2. The van der Waals surface area contributed by atoms with Crippen molar-refractivity contribution >= 4 is 50.7 Å². The molecule has 0 aromatic heterocycles. The van der Waals surface area contributed by atoms with Crippen molar-refractivity contribution < 1.29 is 64.8 Å². The predicted octanol–water partition coefficient (Wildman–Crippen LogP) is 12.4. The van der Waals surface area contributed by atoms with Gasteiger partial charge in [0.15, 0.2) is 0 Å². The third kappa shape index (κ3) is 16.5. The van der Waals surface area contributed by atoms with Crippen molar-refractivity contribution in [3.05, 3.63) is 267 Å². The standard InChI is InChI=1S/4C15H11.2C3H6.2ClH.2Ti/c4*1-2-6-12(7-3-1)15-10-13-8-4-5-9-14(13)11-15;2*1-3-2;;;;/h4*1-11H;2*1-2H3;2*1H;;/q4*-1;;;;;2*+2/p-2. The zero-order chi connectivity index (χ0) is 47.5. The molecule has 70 heavy (non-hydrogen) atoms. The van der Waals surface area contributed by atoms with Gasteiger partial charge in [0.2, 0.25) is 0 Å². The Morgan fingerprint density at radius 3 is 0.586 bits per heavy atom. The molecule has 0 radical (unpaired) electrons. The van der Waals surface area contributed by atoms with Crippen molar-refractivity contribution in [3.63, 3.8) is 0 Å². The number of rotatable bonds is 4. The number of hydrogen-bond donors (Lipinski definition) is 0. The maximum absolute atomic E-state index is 2.24. The molecule has 4 heteroatoms. The number of benzene rings is 8. The molecule has 12 rings (SSSR count). The fourth-order valence-corrected chi connectivity index (χ4v) is 7.79. The average molecular weight is 1020 g/mol. The topological polar surface area (TPSA) is 0 Å². The second-order valence-electron chi connectivity index (χ2n) is 17.0. The van der Waals surface area contributed by atoms with Crippen LogP contribution in [0.4, 0.5) is 0 Å². The molecule has 0 heterocycles. The molecule has 0 amide bonds. The van der Waals surface area contributed by atoms with Crippen molar-refractivity contribution in [1.29, 1.82) is 0 Å². The van der Waals surface area contributed by atoms with E-state index in [9.17, 15) is 0 Å². The second-order valence-corrected chi connectivity index (χ2v) is 20.1. The van der Waals surface area contributed by atoms with Gasteiger partial charge in [-0.1, -0.05) is 216 Å². The molecular formula is C66H56Cl2Ti2-2. The molecule has 0 saturated carbocycles. The van der Waals surface area contributed by atoms with Gasteiger partial charge in [0.1, 0.15) is 0 Å². The number of hydrogen-bond acceptors (Lipinski definition) is 0. The molecule has 0 aliphatic rings. The molecule has 0 atom stereocenters. The molecular weight excluding hydrogens is 959 g/mol. The Labute approximate surface area is 450 Å². The largest absolute Gasteiger partial charge is 1.00 e.